The zero-order chi connectivity index (χ0) is 16.9. The number of nitrogens with zero attached hydrogens (tertiary/aromatic N) is 1. The molecule has 0 aliphatic carbocycles. The highest BCUT2D eigenvalue weighted by molar-refractivity contribution is 7.13. The maximum atomic E-state index is 12.1. The summed E-state index contributed by atoms with van der Waals surface area (Å²) < 4.78 is 4.83. The number of aromatic nitrogens is 1. The number of H-pyrrole nitrogens is 1. The second kappa shape index (κ2) is 7.31. The van der Waals surface area contributed by atoms with Crippen molar-refractivity contribution < 1.29 is 14.3 Å². The molecule has 2 amide bonds. The number of pyridine rings is 1. The van der Waals surface area contributed by atoms with Gasteiger partial charge in [-0.25, -0.2) is 4.79 Å². The summed E-state index contributed by atoms with van der Waals surface area (Å²) in [4.78, 5) is 40.7. The summed E-state index contributed by atoms with van der Waals surface area (Å²) in [7, 11) is 0. The molecule has 0 radical (unpaired) electrons. The van der Waals surface area contributed by atoms with Crippen LogP contribution in [0.3, 0.4) is 0 Å². The summed E-state index contributed by atoms with van der Waals surface area (Å²) in [6.07, 6.45) is 0.286. The molecule has 1 aliphatic heterocycles. The van der Waals surface area contributed by atoms with Gasteiger partial charge >= 0.3 is 6.09 Å². The number of aromatic amines is 1. The van der Waals surface area contributed by atoms with Crippen molar-refractivity contribution in [3.05, 3.63) is 45.6 Å². The van der Waals surface area contributed by atoms with Crippen molar-refractivity contribution in [2.24, 2.45) is 0 Å². The highest BCUT2D eigenvalue weighted by Crippen LogP contribution is 2.21. The number of rotatable bonds is 6. The number of thiophene rings is 1. The molecule has 1 aliphatic rings. The van der Waals surface area contributed by atoms with Crippen molar-refractivity contribution in [3.63, 3.8) is 0 Å². The minimum Gasteiger partial charge on any atom is -0.448 e. The zero-order valence-electron chi connectivity index (χ0n) is 12.9. The average Bonchev–Trinajstić information content (AvgIpc) is 3.23. The van der Waals surface area contributed by atoms with Crippen molar-refractivity contribution in [2.45, 2.75) is 6.42 Å². The fraction of sp³-hybridized carbons (Fsp3) is 0.312. The molecule has 7 nitrogen and oxygen atoms in total. The van der Waals surface area contributed by atoms with Crippen LogP contribution < -0.4 is 10.9 Å². The predicted octanol–water partition coefficient (Wildman–Crippen LogP) is 1.68. The van der Waals surface area contributed by atoms with Gasteiger partial charge in [0.05, 0.1) is 17.1 Å². The third kappa shape index (κ3) is 3.65. The van der Waals surface area contributed by atoms with E-state index in [2.05, 4.69) is 10.3 Å². The summed E-state index contributed by atoms with van der Waals surface area (Å²) in [5.41, 5.74) is 0.358. The lowest BCUT2D eigenvalue weighted by Gasteiger charge is -2.12. The first-order valence-corrected chi connectivity index (χ1v) is 8.50. The fourth-order valence-corrected chi connectivity index (χ4v) is 3.13. The quantitative estimate of drug-likeness (QED) is 0.778. The fourth-order valence-electron chi connectivity index (χ4n) is 2.42. The smallest absolute Gasteiger partial charge is 0.409 e. The first kappa shape index (κ1) is 16.3. The molecule has 2 N–H and O–H groups in total. The van der Waals surface area contributed by atoms with Crippen LogP contribution in [0.4, 0.5) is 4.79 Å². The summed E-state index contributed by atoms with van der Waals surface area (Å²) in [5, 5.41) is 4.62. The van der Waals surface area contributed by atoms with Crippen molar-refractivity contribution in [3.8, 4) is 10.6 Å². The van der Waals surface area contributed by atoms with Crippen molar-refractivity contribution in [1.29, 1.82) is 0 Å². The number of cyclic esters (lactones) is 1. The van der Waals surface area contributed by atoms with E-state index in [1.54, 1.807) is 11.0 Å². The van der Waals surface area contributed by atoms with Crippen LogP contribution >= 0.6 is 11.3 Å². The molecule has 0 saturated carbocycles. The van der Waals surface area contributed by atoms with E-state index >= 15 is 0 Å². The van der Waals surface area contributed by atoms with Gasteiger partial charge in [0.25, 0.3) is 11.5 Å². The molecule has 0 aromatic carbocycles. The standard InChI is InChI=1S/C16H17N3O4S/c20-14(17-6-2-7-19-8-9-23-16(19)22)11-4-5-12(18-15(11)21)13-3-1-10-24-13/h1,3-5,10H,2,6-9H2,(H,17,20)(H,18,21). The lowest BCUT2D eigenvalue weighted by atomic mass is 10.2. The third-order valence-corrected chi connectivity index (χ3v) is 4.58. The Morgan fingerprint density at radius 3 is 2.88 bits per heavy atom. The molecule has 2 aromatic heterocycles. The maximum Gasteiger partial charge on any atom is 0.409 e. The van der Waals surface area contributed by atoms with Gasteiger partial charge in [0, 0.05) is 13.1 Å². The van der Waals surface area contributed by atoms with Gasteiger partial charge in [0.15, 0.2) is 0 Å². The topological polar surface area (TPSA) is 91.5 Å². The molecule has 0 unspecified atom stereocenters. The van der Waals surface area contributed by atoms with Crippen LogP contribution in [0, 0.1) is 0 Å². The van der Waals surface area contributed by atoms with Crippen LogP contribution in [0.15, 0.2) is 34.4 Å². The van der Waals surface area contributed by atoms with Gasteiger partial charge in [-0.2, -0.15) is 0 Å². The molecule has 126 valence electrons. The minimum absolute atomic E-state index is 0.0795. The van der Waals surface area contributed by atoms with Crippen molar-refractivity contribution in [2.75, 3.05) is 26.2 Å². The molecule has 8 heteroatoms. The number of amides is 2. The highest BCUT2D eigenvalue weighted by Gasteiger charge is 2.21. The Labute approximate surface area is 142 Å². The monoisotopic (exact) mass is 347 g/mol. The van der Waals surface area contributed by atoms with Gasteiger partial charge in [-0.3, -0.25) is 9.59 Å². The molecule has 24 heavy (non-hydrogen) atoms. The van der Waals surface area contributed by atoms with E-state index in [0.717, 1.165) is 4.88 Å². The van der Waals surface area contributed by atoms with Gasteiger partial charge in [-0.15, -0.1) is 11.3 Å². The molecule has 0 spiro atoms. The van der Waals surface area contributed by atoms with Crippen LogP contribution in [-0.2, 0) is 4.74 Å². The Balaban J connectivity index is 1.53. The first-order valence-electron chi connectivity index (χ1n) is 7.62. The predicted molar refractivity (Wildman–Crippen MR) is 90.2 cm³/mol. The van der Waals surface area contributed by atoms with E-state index in [-0.39, 0.29) is 11.7 Å². The summed E-state index contributed by atoms with van der Waals surface area (Å²) in [6.45, 7) is 1.90. The summed E-state index contributed by atoms with van der Waals surface area (Å²) in [5.74, 6) is -0.419. The van der Waals surface area contributed by atoms with Crippen LogP contribution in [0.5, 0.6) is 0 Å². The Morgan fingerprint density at radius 2 is 2.21 bits per heavy atom. The van der Waals surface area contributed by atoms with E-state index < -0.39 is 11.5 Å². The van der Waals surface area contributed by atoms with Crippen LogP contribution in [0.1, 0.15) is 16.8 Å². The summed E-state index contributed by atoms with van der Waals surface area (Å²) in [6, 6.07) is 7.05. The maximum absolute atomic E-state index is 12.1. The molecule has 0 atom stereocenters. The molecule has 3 heterocycles. The van der Waals surface area contributed by atoms with E-state index in [9.17, 15) is 14.4 Å². The van der Waals surface area contributed by atoms with Gasteiger partial charge < -0.3 is 19.9 Å². The first-order chi connectivity index (χ1) is 11.6. The highest BCUT2D eigenvalue weighted by atomic mass is 32.1. The molecule has 0 bridgehead atoms. The molecule has 1 fully saturated rings. The Kier molecular flexibility index (Phi) is 4.95. The number of ether oxygens (including phenoxy) is 1. The lowest BCUT2D eigenvalue weighted by molar-refractivity contribution is 0.0951. The lowest BCUT2D eigenvalue weighted by Crippen LogP contribution is -2.33. The largest absolute Gasteiger partial charge is 0.448 e. The third-order valence-electron chi connectivity index (χ3n) is 3.68. The molecular formula is C16H17N3O4S. The van der Waals surface area contributed by atoms with E-state index in [1.165, 1.54) is 17.4 Å². The number of hydrogen-bond donors (Lipinski definition) is 2. The zero-order valence-corrected chi connectivity index (χ0v) is 13.7. The number of carbonyl (C=O) groups excluding carboxylic acids is 2. The normalized spacial score (nSPS) is 13.8. The van der Waals surface area contributed by atoms with Gasteiger partial charge in [-0.05, 0) is 30.0 Å². The van der Waals surface area contributed by atoms with Crippen LogP contribution in [-0.4, -0.2) is 48.1 Å². The Hall–Kier alpha value is -2.61. The van der Waals surface area contributed by atoms with Crippen LogP contribution in [0.25, 0.3) is 10.6 Å². The van der Waals surface area contributed by atoms with Gasteiger partial charge in [-0.1, -0.05) is 6.07 Å². The second-order valence-electron chi connectivity index (χ2n) is 5.30. The number of nitrogens with one attached hydrogen (secondary N) is 2. The van der Waals surface area contributed by atoms with Gasteiger partial charge in [0.2, 0.25) is 0 Å². The summed E-state index contributed by atoms with van der Waals surface area (Å²) >= 11 is 1.51. The SMILES string of the molecule is O=C(NCCCN1CCOC1=O)c1ccc(-c2cccs2)[nH]c1=O. The van der Waals surface area contributed by atoms with Crippen LogP contribution in [0.2, 0.25) is 0 Å². The Morgan fingerprint density at radius 1 is 1.33 bits per heavy atom. The number of hydrogen-bond acceptors (Lipinski definition) is 5. The molecule has 3 rings (SSSR count). The van der Waals surface area contributed by atoms with Gasteiger partial charge in [0.1, 0.15) is 12.2 Å². The molecule has 1 saturated heterocycles. The van der Waals surface area contributed by atoms with Crippen molar-refractivity contribution in [1.82, 2.24) is 15.2 Å². The van der Waals surface area contributed by atoms with Crippen molar-refractivity contribution >= 4 is 23.3 Å². The second-order valence-corrected chi connectivity index (χ2v) is 6.25. The van der Waals surface area contributed by atoms with E-state index in [1.807, 2.05) is 17.5 Å². The Bertz CT molecular complexity index is 785. The molecular weight excluding hydrogens is 330 g/mol. The molecule has 2 aromatic rings. The van der Waals surface area contributed by atoms with E-state index in [0.29, 0.717) is 38.4 Å². The average molecular weight is 347 g/mol. The minimum atomic E-state index is -0.419. The number of carbonyl (C=O) groups is 2. The van der Waals surface area contributed by atoms with E-state index in [4.69, 9.17) is 4.74 Å².